The van der Waals surface area contributed by atoms with Crippen molar-refractivity contribution in [1.29, 1.82) is 0 Å². The van der Waals surface area contributed by atoms with E-state index in [9.17, 15) is 4.79 Å². The van der Waals surface area contributed by atoms with E-state index >= 15 is 0 Å². The third kappa shape index (κ3) is 4.90. The molecular weight excluding hydrogens is 399 g/mol. The number of likely N-dealkylation sites (tertiary alicyclic amines) is 1. The Morgan fingerprint density at radius 1 is 1.07 bits per heavy atom. The highest BCUT2D eigenvalue weighted by Gasteiger charge is 2.26. The topological polar surface area (TPSA) is 50.8 Å². The van der Waals surface area contributed by atoms with Crippen molar-refractivity contribution < 1.29 is 14.3 Å². The van der Waals surface area contributed by atoms with E-state index in [4.69, 9.17) is 21.1 Å². The summed E-state index contributed by atoms with van der Waals surface area (Å²) in [5.74, 6) is 1.58. The van der Waals surface area contributed by atoms with Crippen LogP contribution < -0.4 is 14.8 Å². The maximum absolute atomic E-state index is 12.4. The van der Waals surface area contributed by atoms with Crippen LogP contribution in [-0.2, 0) is 11.2 Å². The molecule has 1 N–H and O–H groups in total. The molecule has 0 saturated carbocycles. The number of carbonyl (C=O) groups excluding carboxylic acids is 1. The van der Waals surface area contributed by atoms with Crippen molar-refractivity contribution in [2.75, 3.05) is 26.4 Å². The van der Waals surface area contributed by atoms with Crippen LogP contribution in [0.3, 0.4) is 0 Å². The molecule has 2 aromatic carbocycles. The van der Waals surface area contributed by atoms with Gasteiger partial charge in [0.25, 0.3) is 0 Å². The van der Waals surface area contributed by atoms with Gasteiger partial charge in [0, 0.05) is 11.6 Å². The highest BCUT2D eigenvalue weighted by atomic mass is 35.5. The predicted molar refractivity (Wildman–Crippen MR) is 112 cm³/mol. The molecule has 0 bridgehead atoms. The Morgan fingerprint density at radius 3 is 2.54 bits per heavy atom. The first-order chi connectivity index (χ1) is 13.2. The summed E-state index contributed by atoms with van der Waals surface area (Å²) in [5.41, 5.74) is 2.10. The monoisotopic (exact) mass is 422 g/mol. The minimum Gasteiger partial charge on any atom is -0.454 e. The van der Waals surface area contributed by atoms with E-state index in [1.54, 1.807) is 0 Å². The summed E-state index contributed by atoms with van der Waals surface area (Å²) in [4.78, 5) is 14.9. The number of carbonyl (C=O) groups is 1. The van der Waals surface area contributed by atoms with Gasteiger partial charge >= 0.3 is 0 Å². The lowest BCUT2D eigenvalue weighted by atomic mass is 10.0. The van der Waals surface area contributed by atoms with E-state index in [-0.39, 0.29) is 31.1 Å². The molecule has 2 heterocycles. The number of amides is 1. The summed E-state index contributed by atoms with van der Waals surface area (Å²) in [5, 5.41) is 3.78. The number of fused-ring (bicyclic) bond motifs is 1. The summed E-state index contributed by atoms with van der Waals surface area (Å²) in [6.45, 7) is 2.94. The number of nitrogens with zero attached hydrogens (tertiary/aromatic N) is 1. The number of nitrogens with one attached hydrogen (secondary N) is 1. The second-order valence-electron chi connectivity index (χ2n) is 6.98. The molecule has 1 saturated heterocycles. The van der Waals surface area contributed by atoms with Crippen molar-refractivity contribution in [2.24, 2.45) is 0 Å². The van der Waals surface area contributed by atoms with Crippen LogP contribution in [0.25, 0.3) is 0 Å². The molecule has 1 fully saturated rings. The molecule has 28 heavy (non-hydrogen) atoms. The van der Waals surface area contributed by atoms with E-state index in [1.165, 1.54) is 12.8 Å². The quantitative estimate of drug-likeness (QED) is 0.764. The van der Waals surface area contributed by atoms with Gasteiger partial charge in [0.05, 0.1) is 12.5 Å². The number of ether oxygens (including phenoxy) is 2. The molecule has 7 heteroatoms. The summed E-state index contributed by atoms with van der Waals surface area (Å²) >= 11 is 5.91. The molecule has 2 aliphatic heterocycles. The van der Waals surface area contributed by atoms with Gasteiger partial charge in [-0.2, -0.15) is 0 Å². The Balaban J connectivity index is 0.00000225. The average Bonchev–Trinajstić information content (AvgIpc) is 3.35. The SMILES string of the molecule is Cl.O=C(Cc1ccc(Cl)cc1)NCC(c1ccc2c(c1)OCO2)N1CCCC1. The predicted octanol–water partition coefficient (Wildman–Crippen LogP) is 3.99. The van der Waals surface area contributed by atoms with Gasteiger partial charge in [-0.3, -0.25) is 9.69 Å². The maximum atomic E-state index is 12.4. The average molecular weight is 423 g/mol. The smallest absolute Gasteiger partial charge is 0.231 e. The largest absolute Gasteiger partial charge is 0.454 e. The van der Waals surface area contributed by atoms with Gasteiger partial charge in [0.15, 0.2) is 11.5 Å². The first-order valence-corrected chi connectivity index (χ1v) is 9.71. The van der Waals surface area contributed by atoms with E-state index in [2.05, 4.69) is 16.3 Å². The van der Waals surface area contributed by atoms with Crippen LogP contribution in [0.5, 0.6) is 11.5 Å². The van der Waals surface area contributed by atoms with Crippen molar-refractivity contribution in [1.82, 2.24) is 10.2 Å². The molecule has 0 aliphatic carbocycles. The lowest BCUT2D eigenvalue weighted by molar-refractivity contribution is -0.120. The van der Waals surface area contributed by atoms with Crippen molar-refractivity contribution in [3.63, 3.8) is 0 Å². The van der Waals surface area contributed by atoms with E-state index in [0.717, 1.165) is 35.7 Å². The van der Waals surface area contributed by atoms with Crippen LogP contribution in [0.4, 0.5) is 0 Å². The highest BCUT2D eigenvalue weighted by molar-refractivity contribution is 6.30. The normalized spacial score (nSPS) is 16.5. The number of hydrogen-bond acceptors (Lipinski definition) is 4. The second-order valence-corrected chi connectivity index (χ2v) is 7.42. The maximum Gasteiger partial charge on any atom is 0.231 e. The first kappa shape index (κ1) is 20.8. The zero-order valence-electron chi connectivity index (χ0n) is 15.5. The number of halogens is 2. The van der Waals surface area contributed by atoms with E-state index in [1.807, 2.05) is 36.4 Å². The molecule has 0 aromatic heterocycles. The van der Waals surface area contributed by atoms with Gasteiger partial charge in [-0.25, -0.2) is 0 Å². The fourth-order valence-corrected chi connectivity index (χ4v) is 3.82. The molecule has 1 atom stereocenters. The molecule has 0 spiro atoms. The fourth-order valence-electron chi connectivity index (χ4n) is 3.69. The number of rotatable bonds is 6. The van der Waals surface area contributed by atoms with Crippen molar-refractivity contribution in [2.45, 2.75) is 25.3 Å². The van der Waals surface area contributed by atoms with Gasteiger partial charge in [0.1, 0.15) is 0 Å². The molecule has 4 rings (SSSR count). The molecule has 0 radical (unpaired) electrons. The Kier molecular flexibility index (Phi) is 7.05. The van der Waals surface area contributed by atoms with Gasteiger partial charge in [0.2, 0.25) is 12.7 Å². The molecule has 1 unspecified atom stereocenters. The van der Waals surface area contributed by atoms with Crippen molar-refractivity contribution in [3.05, 3.63) is 58.6 Å². The van der Waals surface area contributed by atoms with Gasteiger partial charge in [-0.15, -0.1) is 12.4 Å². The summed E-state index contributed by atoms with van der Waals surface area (Å²) < 4.78 is 10.9. The third-order valence-corrected chi connectivity index (χ3v) is 5.39. The van der Waals surface area contributed by atoms with Crippen LogP contribution in [0, 0.1) is 0 Å². The lowest BCUT2D eigenvalue weighted by Gasteiger charge is -2.28. The second kappa shape index (κ2) is 9.50. The van der Waals surface area contributed by atoms with Crippen LogP contribution >= 0.6 is 24.0 Å². The zero-order valence-corrected chi connectivity index (χ0v) is 17.1. The zero-order chi connectivity index (χ0) is 18.6. The van der Waals surface area contributed by atoms with E-state index < -0.39 is 0 Å². The summed E-state index contributed by atoms with van der Waals surface area (Å²) in [6.07, 6.45) is 2.74. The van der Waals surface area contributed by atoms with Gasteiger partial charge < -0.3 is 14.8 Å². The standard InChI is InChI=1S/C21H23ClN2O3.ClH/c22-17-6-3-15(4-7-17)11-21(25)23-13-18(24-9-1-2-10-24)16-5-8-19-20(12-16)27-14-26-19;/h3-8,12,18H,1-2,9-11,13-14H2,(H,23,25);1H. The van der Waals surface area contributed by atoms with Crippen LogP contribution in [0.2, 0.25) is 5.02 Å². The Bertz CT molecular complexity index is 808. The van der Waals surface area contributed by atoms with Crippen LogP contribution in [0.1, 0.15) is 30.0 Å². The third-order valence-electron chi connectivity index (χ3n) is 5.13. The number of benzene rings is 2. The Labute approximate surface area is 176 Å². The van der Waals surface area contributed by atoms with Gasteiger partial charge in [-0.05, 0) is 61.3 Å². The van der Waals surface area contributed by atoms with Crippen LogP contribution in [0.15, 0.2) is 42.5 Å². The molecule has 2 aliphatic rings. The first-order valence-electron chi connectivity index (χ1n) is 9.34. The molecule has 1 amide bonds. The highest BCUT2D eigenvalue weighted by Crippen LogP contribution is 2.36. The summed E-state index contributed by atoms with van der Waals surface area (Å²) in [7, 11) is 0. The minimum atomic E-state index is 0. The minimum absolute atomic E-state index is 0. The molecule has 5 nitrogen and oxygen atoms in total. The Morgan fingerprint density at radius 2 is 1.79 bits per heavy atom. The Hall–Kier alpha value is -1.95. The number of hydrogen-bond donors (Lipinski definition) is 1. The molecule has 2 aromatic rings. The van der Waals surface area contributed by atoms with Crippen molar-refractivity contribution >= 4 is 29.9 Å². The molecular formula is C21H24Cl2N2O3. The fraction of sp³-hybridized carbons (Fsp3) is 0.381. The lowest BCUT2D eigenvalue weighted by Crippen LogP contribution is -2.37. The molecule has 150 valence electrons. The van der Waals surface area contributed by atoms with Gasteiger partial charge in [-0.1, -0.05) is 29.8 Å². The van der Waals surface area contributed by atoms with Crippen molar-refractivity contribution in [3.8, 4) is 11.5 Å². The van der Waals surface area contributed by atoms with Crippen LogP contribution in [-0.4, -0.2) is 37.2 Å². The summed E-state index contributed by atoms with van der Waals surface area (Å²) in [6, 6.07) is 13.6. The van der Waals surface area contributed by atoms with E-state index in [0.29, 0.717) is 18.0 Å².